The first kappa shape index (κ1) is 17.5. The summed E-state index contributed by atoms with van der Waals surface area (Å²) in [6, 6.07) is 7.97. The van der Waals surface area contributed by atoms with Gasteiger partial charge in [-0.1, -0.05) is 37.7 Å². The highest BCUT2D eigenvalue weighted by Crippen LogP contribution is 2.19. The monoisotopic (exact) mass is 329 g/mol. The van der Waals surface area contributed by atoms with Crippen molar-refractivity contribution in [1.82, 2.24) is 9.97 Å². The van der Waals surface area contributed by atoms with Crippen LogP contribution in [0.5, 0.6) is 0 Å². The highest BCUT2D eigenvalue weighted by Gasteiger charge is 2.09. The Labute approximate surface area is 142 Å². The van der Waals surface area contributed by atoms with Gasteiger partial charge in [-0.05, 0) is 49.9 Å². The number of carbonyl (C=O) groups is 1. The highest BCUT2D eigenvalue weighted by molar-refractivity contribution is 7.99. The molecule has 23 heavy (non-hydrogen) atoms. The van der Waals surface area contributed by atoms with E-state index in [1.54, 1.807) is 0 Å². The minimum atomic E-state index is -0.0493. The molecule has 0 saturated heterocycles. The Balaban J connectivity index is 1.92. The number of hydrogen-bond donors (Lipinski definition) is 1. The Morgan fingerprint density at radius 2 is 1.65 bits per heavy atom. The van der Waals surface area contributed by atoms with Crippen LogP contribution >= 0.6 is 11.8 Å². The van der Waals surface area contributed by atoms with E-state index in [1.807, 2.05) is 45.0 Å². The maximum absolute atomic E-state index is 12.1. The first-order valence-corrected chi connectivity index (χ1v) is 8.70. The molecule has 0 spiro atoms. The van der Waals surface area contributed by atoms with E-state index in [1.165, 1.54) is 17.3 Å². The maximum Gasteiger partial charge on any atom is 0.234 e. The SMILES string of the molecule is Cc1nc(SCC(=O)Nc2ccc(C(C)C)cc2)nc(C)c1C. The highest BCUT2D eigenvalue weighted by atomic mass is 32.2. The zero-order chi connectivity index (χ0) is 17.0. The van der Waals surface area contributed by atoms with E-state index < -0.39 is 0 Å². The predicted octanol–water partition coefficient (Wildman–Crippen LogP) is 4.26. The number of amides is 1. The van der Waals surface area contributed by atoms with Crippen molar-refractivity contribution in [1.29, 1.82) is 0 Å². The largest absolute Gasteiger partial charge is 0.325 e. The van der Waals surface area contributed by atoms with Crippen LogP contribution in [0.2, 0.25) is 0 Å². The first-order chi connectivity index (χ1) is 10.9. The van der Waals surface area contributed by atoms with Crippen LogP contribution < -0.4 is 5.32 Å². The summed E-state index contributed by atoms with van der Waals surface area (Å²) in [6.07, 6.45) is 0. The molecule has 0 aliphatic carbocycles. The quantitative estimate of drug-likeness (QED) is 0.658. The zero-order valence-corrected chi connectivity index (χ0v) is 15.1. The summed E-state index contributed by atoms with van der Waals surface area (Å²) in [5.41, 5.74) is 5.10. The fourth-order valence-corrected chi connectivity index (χ4v) is 2.82. The van der Waals surface area contributed by atoms with Gasteiger partial charge in [-0.15, -0.1) is 0 Å². The summed E-state index contributed by atoms with van der Waals surface area (Å²) >= 11 is 1.36. The Morgan fingerprint density at radius 3 is 2.17 bits per heavy atom. The summed E-state index contributed by atoms with van der Waals surface area (Å²) in [7, 11) is 0. The molecule has 0 saturated carbocycles. The van der Waals surface area contributed by atoms with Crippen LogP contribution in [-0.4, -0.2) is 21.6 Å². The van der Waals surface area contributed by atoms with Crippen molar-refractivity contribution in [3.63, 3.8) is 0 Å². The minimum Gasteiger partial charge on any atom is -0.325 e. The summed E-state index contributed by atoms with van der Waals surface area (Å²) in [5, 5.41) is 3.55. The molecule has 1 N–H and O–H groups in total. The molecule has 2 rings (SSSR count). The summed E-state index contributed by atoms with van der Waals surface area (Å²) in [6.45, 7) is 10.2. The van der Waals surface area contributed by atoms with Gasteiger partial charge in [-0.3, -0.25) is 4.79 Å². The molecule has 4 nitrogen and oxygen atoms in total. The van der Waals surface area contributed by atoms with Gasteiger partial charge in [0.1, 0.15) is 0 Å². The lowest BCUT2D eigenvalue weighted by Gasteiger charge is -2.09. The van der Waals surface area contributed by atoms with E-state index in [0.717, 1.165) is 22.6 Å². The molecular weight excluding hydrogens is 306 g/mol. The van der Waals surface area contributed by atoms with Crippen LogP contribution in [0.4, 0.5) is 5.69 Å². The third kappa shape index (κ3) is 4.79. The molecule has 122 valence electrons. The van der Waals surface area contributed by atoms with Crippen LogP contribution in [0, 0.1) is 20.8 Å². The molecule has 5 heteroatoms. The van der Waals surface area contributed by atoms with Gasteiger partial charge in [0.05, 0.1) is 5.75 Å². The minimum absolute atomic E-state index is 0.0493. The van der Waals surface area contributed by atoms with Crippen molar-refractivity contribution in [2.45, 2.75) is 45.7 Å². The standard InChI is InChI=1S/C18H23N3OS/c1-11(2)15-6-8-16(9-7-15)21-17(22)10-23-18-19-13(4)12(3)14(5)20-18/h6-9,11H,10H2,1-5H3,(H,21,22). The van der Waals surface area contributed by atoms with Crippen LogP contribution in [0.1, 0.15) is 42.3 Å². The lowest BCUT2D eigenvalue weighted by molar-refractivity contribution is -0.113. The number of thioether (sulfide) groups is 1. The molecule has 1 aromatic heterocycles. The van der Waals surface area contributed by atoms with Crippen LogP contribution in [-0.2, 0) is 4.79 Å². The van der Waals surface area contributed by atoms with E-state index in [9.17, 15) is 4.79 Å². The molecule has 1 aromatic carbocycles. The van der Waals surface area contributed by atoms with Crippen LogP contribution in [0.15, 0.2) is 29.4 Å². The molecule has 2 aromatic rings. The van der Waals surface area contributed by atoms with Gasteiger partial charge in [0.2, 0.25) is 5.91 Å². The van der Waals surface area contributed by atoms with E-state index in [2.05, 4.69) is 29.1 Å². The van der Waals surface area contributed by atoms with Crippen LogP contribution in [0.3, 0.4) is 0 Å². The third-order valence-corrected chi connectivity index (χ3v) is 4.65. The summed E-state index contributed by atoms with van der Waals surface area (Å²) < 4.78 is 0. The van der Waals surface area contributed by atoms with E-state index in [-0.39, 0.29) is 5.91 Å². The molecule has 0 fully saturated rings. The second-order valence-corrected chi connectivity index (χ2v) is 6.86. The number of carbonyl (C=O) groups excluding carboxylic acids is 1. The van der Waals surface area contributed by atoms with Gasteiger partial charge in [-0.2, -0.15) is 0 Å². The predicted molar refractivity (Wildman–Crippen MR) is 96.1 cm³/mol. The van der Waals surface area contributed by atoms with Crippen molar-refractivity contribution >= 4 is 23.4 Å². The normalized spacial score (nSPS) is 10.9. The smallest absolute Gasteiger partial charge is 0.234 e. The molecule has 0 bridgehead atoms. The lowest BCUT2D eigenvalue weighted by Crippen LogP contribution is -2.14. The fourth-order valence-electron chi connectivity index (χ4n) is 2.08. The number of aromatic nitrogens is 2. The molecule has 1 amide bonds. The second kappa shape index (κ2) is 7.59. The van der Waals surface area contributed by atoms with Gasteiger partial charge in [0.15, 0.2) is 5.16 Å². The van der Waals surface area contributed by atoms with Crippen molar-refractivity contribution in [2.24, 2.45) is 0 Å². The Kier molecular flexibility index (Phi) is 5.77. The van der Waals surface area contributed by atoms with Crippen molar-refractivity contribution in [3.05, 3.63) is 46.8 Å². The third-order valence-electron chi connectivity index (χ3n) is 3.81. The van der Waals surface area contributed by atoms with Crippen LogP contribution in [0.25, 0.3) is 0 Å². The Bertz CT molecular complexity index is 673. The molecule has 0 aliphatic rings. The number of aryl methyl sites for hydroxylation is 2. The van der Waals surface area contributed by atoms with Gasteiger partial charge in [-0.25, -0.2) is 9.97 Å². The van der Waals surface area contributed by atoms with Crippen molar-refractivity contribution in [2.75, 3.05) is 11.1 Å². The summed E-state index contributed by atoms with van der Waals surface area (Å²) in [4.78, 5) is 20.9. The number of nitrogens with one attached hydrogen (secondary N) is 1. The Hall–Kier alpha value is -1.88. The second-order valence-electron chi connectivity index (χ2n) is 5.92. The lowest BCUT2D eigenvalue weighted by atomic mass is 10.0. The average molecular weight is 329 g/mol. The van der Waals surface area contributed by atoms with Gasteiger partial charge in [0.25, 0.3) is 0 Å². The molecular formula is C18H23N3OS. The van der Waals surface area contributed by atoms with Crippen molar-refractivity contribution in [3.8, 4) is 0 Å². The molecule has 0 atom stereocenters. The molecule has 0 unspecified atom stereocenters. The first-order valence-electron chi connectivity index (χ1n) is 7.71. The molecule has 0 radical (unpaired) electrons. The zero-order valence-electron chi connectivity index (χ0n) is 14.3. The number of rotatable bonds is 5. The van der Waals surface area contributed by atoms with E-state index in [0.29, 0.717) is 16.8 Å². The molecule has 0 aliphatic heterocycles. The number of anilines is 1. The number of benzene rings is 1. The average Bonchev–Trinajstić information content (AvgIpc) is 2.51. The Morgan fingerprint density at radius 1 is 1.09 bits per heavy atom. The van der Waals surface area contributed by atoms with Gasteiger partial charge in [0, 0.05) is 17.1 Å². The topological polar surface area (TPSA) is 54.9 Å². The molecule has 1 heterocycles. The van der Waals surface area contributed by atoms with Crippen molar-refractivity contribution < 1.29 is 4.79 Å². The fraction of sp³-hybridized carbons (Fsp3) is 0.389. The van der Waals surface area contributed by atoms with E-state index in [4.69, 9.17) is 0 Å². The number of hydrogen-bond acceptors (Lipinski definition) is 4. The van der Waals surface area contributed by atoms with Gasteiger partial charge < -0.3 is 5.32 Å². The maximum atomic E-state index is 12.1. The van der Waals surface area contributed by atoms with E-state index >= 15 is 0 Å². The summed E-state index contributed by atoms with van der Waals surface area (Å²) in [5.74, 6) is 0.737. The number of nitrogens with zero attached hydrogens (tertiary/aromatic N) is 2. The van der Waals surface area contributed by atoms with Gasteiger partial charge >= 0.3 is 0 Å².